The van der Waals surface area contributed by atoms with Gasteiger partial charge in [-0.25, -0.2) is 9.55 Å². The van der Waals surface area contributed by atoms with Crippen LogP contribution in [0.4, 0.5) is 0 Å². The van der Waals surface area contributed by atoms with Crippen LogP contribution in [-0.2, 0) is 0 Å². The van der Waals surface area contributed by atoms with Crippen molar-refractivity contribution in [2.45, 2.75) is 245 Å². The van der Waals surface area contributed by atoms with Crippen LogP contribution >= 0.6 is 0 Å². The van der Waals surface area contributed by atoms with Crippen molar-refractivity contribution in [2.75, 3.05) is 0 Å². The molecule has 0 saturated heterocycles. The fourth-order valence-corrected chi connectivity index (χ4v) is 7.05. The minimum atomic E-state index is 0.617. The Morgan fingerprint density at radius 3 is 1.09 bits per heavy atom. The van der Waals surface area contributed by atoms with Crippen molar-refractivity contribution in [1.82, 2.24) is 4.98 Å². The van der Waals surface area contributed by atoms with E-state index in [1.54, 1.807) is 0 Å². The Labute approximate surface area is 272 Å². The molecule has 0 aliphatic rings. The van der Waals surface area contributed by atoms with Gasteiger partial charge in [0.15, 0.2) is 0 Å². The summed E-state index contributed by atoms with van der Waals surface area (Å²) in [6, 6.07) is 0.617. The van der Waals surface area contributed by atoms with Gasteiger partial charge in [-0.3, -0.25) is 0 Å². The average Bonchev–Trinajstić information content (AvgIpc) is 3.51. The quantitative estimate of drug-likeness (QED) is 0.0599. The van der Waals surface area contributed by atoms with E-state index in [0.29, 0.717) is 12.0 Å². The number of hydrogen-bond donors (Lipinski definition) is 1. The third-order valence-electron chi connectivity index (χ3n) is 10.2. The van der Waals surface area contributed by atoms with Gasteiger partial charge in [-0.1, -0.05) is 207 Å². The Morgan fingerprint density at radius 2 is 0.744 bits per heavy atom. The number of aromatic amines is 1. The molecule has 0 aliphatic carbocycles. The lowest BCUT2D eigenvalue weighted by molar-refractivity contribution is -0.727. The van der Waals surface area contributed by atoms with Crippen molar-refractivity contribution in [1.29, 1.82) is 0 Å². The van der Waals surface area contributed by atoms with E-state index in [9.17, 15) is 0 Å². The second kappa shape index (κ2) is 31.2. The predicted octanol–water partition coefficient (Wildman–Crippen LogP) is 14.5. The highest BCUT2D eigenvalue weighted by atomic mass is 15.1. The van der Waals surface area contributed by atoms with E-state index >= 15 is 0 Å². The summed E-state index contributed by atoms with van der Waals surface area (Å²) in [5, 5.41) is 0. The lowest BCUT2D eigenvalue weighted by Crippen LogP contribution is -2.40. The molecule has 0 radical (unpaired) electrons. The molecule has 0 amide bonds. The van der Waals surface area contributed by atoms with E-state index in [1.165, 1.54) is 211 Å². The van der Waals surface area contributed by atoms with E-state index in [1.807, 2.05) is 0 Å². The number of rotatable bonds is 34. The van der Waals surface area contributed by atoms with Crippen LogP contribution in [0.25, 0.3) is 0 Å². The molecule has 1 aromatic rings. The molecule has 2 nitrogen and oxygen atoms in total. The van der Waals surface area contributed by atoms with Gasteiger partial charge in [0.2, 0.25) is 0 Å². The van der Waals surface area contributed by atoms with Gasteiger partial charge in [0, 0.05) is 0 Å². The molecule has 0 spiro atoms. The van der Waals surface area contributed by atoms with E-state index in [0.717, 1.165) is 0 Å². The van der Waals surface area contributed by atoms with Crippen molar-refractivity contribution in [3.8, 4) is 0 Å². The Hall–Kier alpha value is -0.790. The number of H-pyrrole nitrogens is 1. The van der Waals surface area contributed by atoms with Crippen LogP contribution in [0.15, 0.2) is 12.4 Å². The first-order chi connectivity index (χ1) is 21.2. The minimum Gasteiger partial charge on any atom is -0.247 e. The Balaban J connectivity index is 1.96. The maximum Gasteiger partial charge on any atom is 0.257 e. The maximum atomic E-state index is 3.61. The molecule has 2 heteroatoms. The van der Waals surface area contributed by atoms with Crippen LogP contribution in [0.2, 0.25) is 0 Å². The van der Waals surface area contributed by atoms with E-state index < -0.39 is 0 Å². The summed E-state index contributed by atoms with van der Waals surface area (Å²) in [5.41, 5.74) is 0. The van der Waals surface area contributed by atoms with E-state index in [2.05, 4.69) is 49.6 Å². The Bertz CT molecular complexity index is 610. The summed E-state index contributed by atoms with van der Waals surface area (Å²) in [6.45, 7) is 9.48. The second-order valence-corrected chi connectivity index (χ2v) is 14.5. The molecule has 0 aliphatic heterocycles. The minimum absolute atomic E-state index is 0.617. The monoisotopic (exact) mass is 602 g/mol. The van der Waals surface area contributed by atoms with Crippen molar-refractivity contribution in [3.05, 3.63) is 18.2 Å². The van der Waals surface area contributed by atoms with Crippen LogP contribution in [0.1, 0.15) is 251 Å². The van der Waals surface area contributed by atoms with Crippen molar-refractivity contribution >= 4 is 0 Å². The van der Waals surface area contributed by atoms with Gasteiger partial charge >= 0.3 is 0 Å². The van der Waals surface area contributed by atoms with Crippen LogP contribution in [0.5, 0.6) is 0 Å². The molecule has 1 aromatic heterocycles. The first-order valence-corrected chi connectivity index (χ1v) is 20.3. The number of nitrogens with one attached hydrogen (secondary N) is 1. The molecule has 254 valence electrons. The van der Waals surface area contributed by atoms with Crippen LogP contribution in [-0.4, -0.2) is 4.98 Å². The molecule has 0 fully saturated rings. The molecule has 43 heavy (non-hydrogen) atoms. The van der Waals surface area contributed by atoms with Gasteiger partial charge in [-0.2, -0.15) is 0 Å². The Morgan fingerprint density at radius 1 is 0.442 bits per heavy atom. The zero-order valence-electron chi connectivity index (χ0n) is 30.4. The average molecular weight is 602 g/mol. The van der Waals surface area contributed by atoms with Crippen molar-refractivity contribution in [2.24, 2.45) is 0 Å². The van der Waals surface area contributed by atoms with Crippen molar-refractivity contribution in [3.63, 3.8) is 0 Å². The van der Waals surface area contributed by atoms with Gasteiger partial charge < -0.3 is 0 Å². The number of nitrogens with zero attached hydrogens (tertiary/aromatic N) is 1. The predicted molar refractivity (Wildman–Crippen MR) is 193 cm³/mol. The number of unbranched alkanes of at least 4 members (excludes halogenated alkanes) is 28. The van der Waals surface area contributed by atoms with Gasteiger partial charge in [0.1, 0.15) is 12.4 Å². The zero-order chi connectivity index (χ0) is 31.1. The molecule has 2 unspecified atom stereocenters. The lowest BCUT2D eigenvalue weighted by Gasteiger charge is -2.14. The molecule has 0 saturated carbocycles. The van der Waals surface area contributed by atoms with Gasteiger partial charge in [-0.05, 0) is 26.2 Å². The first-order valence-electron chi connectivity index (χ1n) is 20.3. The highest BCUT2D eigenvalue weighted by Gasteiger charge is 2.22. The van der Waals surface area contributed by atoms with Crippen LogP contribution in [0.3, 0.4) is 0 Å². The molecule has 2 atom stereocenters. The highest BCUT2D eigenvalue weighted by molar-refractivity contribution is 4.87. The fraction of sp³-hybridized carbons (Fsp3) is 0.927. The van der Waals surface area contributed by atoms with E-state index in [-0.39, 0.29) is 0 Å². The summed E-state index contributed by atoms with van der Waals surface area (Å²) in [6.07, 6.45) is 50.5. The maximum absolute atomic E-state index is 3.61. The third-order valence-corrected chi connectivity index (χ3v) is 10.2. The van der Waals surface area contributed by atoms with Crippen LogP contribution in [0, 0.1) is 0 Å². The standard InChI is InChI=1S/C41H80N2/c1-5-7-9-11-13-15-17-19-21-23-25-27-29-31-33-35-39(3)41-42-37-38-43(41)40(4)36-34-32-30-28-26-24-22-20-18-16-14-12-10-8-6-2/h37-40H,5-36H2,1-4H3/p+1. The zero-order valence-corrected chi connectivity index (χ0v) is 30.4. The first kappa shape index (κ1) is 40.2. The summed E-state index contributed by atoms with van der Waals surface area (Å²) < 4.78 is 2.56. The molecule has 0 aromatic carbocycles. The van der Waals surface area contributed by atoms with Gasteiger partial charge in [0.05, 0.1) is 12.0 Å². The topological polar surface area (TPSA) is 19.7 Å². The largest absolute Gasteiger partial charge is 0.257 e. The number of aromatic nitrogens is 2. The van der Waals surface area contributed by atoms with E-state index in [4.69, 9.17) is 0 Å². The fourth-order valence-electron chi connectivity index (χ4n) is 7.05. The summed E-state index contributed by atoms with van der Waals surface area (Å²) >= 11 is 0. The number of hydrogen-bond acceptors (Lipinski definition) is 0. The second-order valence-electron chi connectivity index (χ2n) is 14.5. The Kier molecular flexibility index (Phi) is 29.2. The van der Waals surface area contributed by atoms with Gasteiger partial charge in [0.25, 0.3) is 5.82 Å². The summed E-state index contributed by atoms with van der Waals surface area (Å²) in [4.78, 5) is 3.61. The molecule has 1 N–H and O–H groups in total. The SMILES string of the molecule is CCCCCCCCCCCCCCCCCC(C)c1[nH]cc[n+]1C(C)CCCCCCCCCCCCCCCCC. The molecule has 1 rings (SSSR count). The normalized spacial score (nSPS) is 13.1. The van der Waals surface area contributed by atoms with Crippen molar-refractivity contribution < 1.29 is 4.57 Å². The summed E-state index contributed by atoms with van der Waals surface area (Å²) in [7, 11) is 0. The number of imidazole rings is 1. The van der Waals surface area contributed by atoms with Crippen LogP contribution < -0.4 is 4.57 Å². The molecule has 0 bridgehead atoms. The highest BCUT2D eigenvalue weighted by Crippen LogP contribution is 2.22. The molecular formula is C41H81N2+. The molecular weight excluding hydrogens is 520 g/mol. The lowest BCUT2D eigenvalue weighted by atomic mass is 9.99. The summed E-state index contributed by atoms with van der Waals surface area (Å²) in [5.74, 6) is 2.10. The van der Waals surface area contributed by atoms with Gasteiger partial charge in [-0.15, -0.1) is 0 Å². The smallest absolute Gasteiger partial charge is 0.247 e. The molecule has 1 heterocycles. The third kappa shape index (κ3) is 24.2.